The van der Waals surface area contributed by atoms with Gasteiger partial charge in [0.15, 0.2) is 0 Å². The van der Waals surface area contributed by atoms with E-state index in [0.717, 1.165) is 23.5 Å². The second-order valence-corrected chi connectivity index (χ2v) is 6.89. The summed E-state index contributed by atoms with van der Waals surface area (Å²) in [5.74, 6) is 0. The van der Waals surface area contributed by atoms with E-state index in [1.54, 1.807) is 17.4 Å². The first-order valence-corrected chi connectivity index (χ1v) is 8.44. The first-order chi connectivity index (χ1) is 9.67. The largest absolute Gasteiger partial charge is 0.309 e. The molecule has 0 saturated heterocycles. The van der Waals surface area contributed by atoms with Crippen molar-refractivity contribution < 1.29 is 0 Å². The number of hydrogen-bond acceptors (Lipinski definition) is 3. The number of fused-ring (bicyclic) bond motifs is 1. The molecule has 0 saturated carbocycles. The van der Waals surface area contributed by atoms with Crippen molar-refractivity contribution in [1.29, 1.82) is 0 Å². The Kier molecular flexibility index (Phi) is 4.32. The molecule has 0 aliphatic heterocycles. The third-order valence-electron chi connectivity index (χ3n) is 3.51. The summed E-state index contributed by atoms with van der Waals surface area (Å²) in [7, 11) is 0. The Balaban J connectivity index is 2.00. The average Bonchev–Trinajstić information content (AvgIpc) is 2.83. The molecule has 1 heterocycles. The topological polar surface area (TPSA) is 24.9 Å². The number of rotatable bonds is 3. The van der Waals surface area contributed by atoms with Gasteiger partial charge in [-0.3, -0.25) is 0 Å². The smallest absolute Gasteiger partial charge is 0.124 e. The molecule has 1 atom stereocenters. The lowest BCUT2D eigenvalue weighted by Gasteiger charge is -2.21. The van der Waals surface area contributed by atoms with Gasteiger partial charge in [-0.25, -0.2) is 4.98 Å². The van der Waals surface area contributed by atoms with Gasteiger partial charge in [0, 0.05) is 26.5 Å². The summed E-state index contributed by atoms with van der Waals surface area (Å²) in [6, 6.07) is 6.06. The summed E-state index contributed by atoms with van der Waals surface area (Å²) in [4.78, 5) is 6.18. The molecule has 0 bridgehead atoms. The van der Waals surface area contributed by atoms with Crippen LogP contribution in [0.3, 0.4) is 0 Å². The molecule has 20 heavy (non-hydrogen) atoms. The van der Waals surface area contributed by atoms with Crippen LogP contribution in [-0.4, -0.2) is 11.5 Å². The summed E-state index contributed by atoms with van der Waals surface area (Å²) in [6.45, 7) is 3.13. The van der Waals surface area contributed by atoms with Crippen LogP contribution in [0, 0.1) is 0 Å². The van der Waals surface area contributed by atoms with E-state index in [0.29, 0.717) is 16.1 Å². The highest BCUT2D eigenvalue weighted by Gasteiger charge is 2.24. The Hall–Kier alpha value is -0.610. The molecule has 0 amide bonds. The SMILES string of the molecule is CCNC1CCCc2nc(-c3cc(Cl)cc(Cl)c3)sc21. The van der Waals surface area contributed by atoms with Crippen molar-refractivity contribution in [3.8, 4) is 10.6 Å². The highest BCUT2D eigenvalue weighted by atomic mass is 35.5. The molecular weight excluding hydrogens is 311 g/mol. The molecule has 1 aromatic heterocycles. The van der Waals surface area contributed by atoms with Crippen LogP contribution in [0.25, 0.3) is 10.6 Å². The zero-order chi connectivity index (χ0) is 14.1. The Bertz CT molecular complexity index is 604. The lowest BCUT2D eigenvalue weighted by Crippen LogP contribution is -2.23. The number of aromatic nitrogens is 1. The van der Waals surface area contributed by atoms with Crippen molar-refractivity contribution in [2.24, 2.45) is 0 Å². The molecule has 2 nitrogen and oxygen atoms in total. The van der Waals surface area contributed by atoms with Gasteiger partial charge in [0.25, 0.3) is 0 Å². The van der Waals surface area contributed by atoms with Gasteiger partial charge in [0.2, 0.25) is 0 Å². The molecule has 1 aromatic carbocycles. The van der Waals surface area contributed by atoms with E-state index in [-0.39, 0.29) is 0 Å². The molecule has 2 aromatic rings. The number of aryl methyl sites for hydroxylation is 1. The lowest BCUT2D eigenvalue weighted by atomic mass is 9.98. The normalized spacial score (nSPS) is 18.1. The summed E-state index contributed by atoms with van der Waals surface area (Å²) >= 11 is 13.9. The molecule has 1 N–H and O–H groups in total. The molecule has 0 radical (unpaired) electrons. The van der Waals surface area contributed by atoms with Crippen molar-refractivity contribution in [1.82, 2.24) is 10.3 Å². The van der Waals surface area contributed by atoms with Crippen LogP contribution >= 0.6 is 34.5 Å². The van der Waals surface area contributed by atoms with Crippen LogP contribution < -0.4 is 5.32 Å². The standard InChI is InChI=1S/C15H16Cl2N2S/c1-2-18-12-4-3-5-13-14(12)20-15(19-13)9-6-10(16)8-11(17)7-9/h6-8,12,18H,2-5H2,1H3. The second kappa shape index (κ2) is 6.02. The van der Waals surface area contributed by atoms with Crippen LogP contribution in [0.2, 0.25) is 10.0 Å². The van der Waals surface area contributed by atoms with Crippen LogP contribution in [-0.2, 0) is 6.42 Å². The third-order valence-corrected chi connectivity index (χ3v) is 5.21. The molecule has 0 fully saturated rings. The summed E-state index contributed by atoms with van der Waals surface area (Å²) in [5, 5.41) is 5.88. The van der Waals surface area contributed by atoms with E-state index in [4.69, 9.17) is 28.2 Å². The number of nitrogens with zero attached hydrogens (tertiary/aromatic N) is 1. The minimum atomic E-state index is 0.449. The molecule has 1 aliphatic carbocycles. The summed E-state index contributed by atoms with van der Waals surface area (Å²) < 4.78 is 0. The van der Waals surface area contributed by atoms with E-state index in [1.165, 1.54) is 23.4 Å². The predicted octanol–water partition coefficient (Wildman–Crippen LogP) is 5.10. The Morgan fingerprint density at radius 2 is 2.05 bits per heavy atom. The van der Waals surface area contributed by atoms with Gasteiger partial charge in [0.05, 0.1) is 5.69 Å². The van der Waals surface area contributed by atoms with Gasteiger partial charge in [-0.15, -0.1) is 11.3 Å². The first kappa shape index (κ1) is 14.3. The minimum Gasteiger partial charge on any atom is -0.309 e. The first-order valence-electron chi connectivity index (χ1n) is 6.87. The summed E-state index contributed by atoms with van der Waals surface area (Å²) in [6.07, 6.45) is 3.46. The van der Waals surface area contributed by atoms with Crippen molar-refractivity contribution in [2.45, 2.75) is 32.2 Å². The highest BCUT2D eigenvalue weighted by Crippen LogP contribution is 2.39. The van der Waals surface area contributed by atoms with Crippen LogP contribution in [0.5, 0.6) is 0 Å². The third kappa shape index (κ3) is 2.86. The van der Waals surface area contributed by atoms with Crippen LogP contribution in [0.4, 0.5) is 0 Å². The number of hydrogen-bond donors (Lipinski definition) is 1. The van der Waals surface area contributed by atoms with E-state index in [9.17, 15) is 0 Å². The molecule has 0 spiro atoms. The van der Waals surface area contributed by atoms with Crippen molar-refractivity contribution in [2.75, 3.05) is 6.54 Å². The fourth-order valence-electron chi connectivity index (χ4n) is 2.66. The average molecular weight is 327 g/mol. The predicted molar refractivity (Wildman–Crippen MR) is 86.9 cm³/mol. The molecule has 1 unspecified atom stereocenters. The lowest BCUT2D eigenvalue weighted by molar-refractivity contribution is 0.476. The second-order valence-electron chi connectivity index (χ2n) is 4.99. The Labute approximate surface area is 133 Å². The van der Waals surface area contributed by atoms with Crippen molar-refractivity contribution in [3.63, 3.8) is 0 Å². The van der Waals surface area contributed by atoms with Gasteiger partial charge >= 0.3 is 0 Å². The van der Waals surface area contributed by atoms with Crippen LogP contribution in [0.1, 0.15) is 36.4 Å². The molecule has 1 aliphatic rings. The zero-order valence-corrected chi connectivity index (χ0v) is 13.6. The van der Waals surface area contributed by atoms with Gasteiger partial charge in [-0.1, -0.05) is 30.1 Å². The highest BCUT2D eigenvalue weighted by molar-refractivity contribution is 7.15. The van der Waals surface area contributed by atoms with E-state index in [1.807, 2.05) is 12.1 Å². The number of benzene rings is 1. The number of thiazole rings is 1. The van der Waals surface area contributed by atoms with E-state index in [2.05, 4.69) is 12.2 Å². The van der Waals surface area contributed by atoms with E-state index < -0.39 is 0 Å². The number of halogens is 2. The molecule has 5 heteroatoms. The quantitative estimate of drug-likeness (QED) is 0.848. The van der Waals surface area contributed by atoms with Gasteiger partial charge in [0.1, 0.15) is 5.01 Å². The van der Waals surface area contributed by atoms with Gasteiger partial charge in [-0.05, 0) is 44.0 Å². The maximum Gasteiger partial charge on any atom is 0.124 e. The molecular formula is C15H16Cl2N2S. The Morgan fingerprint density at radius 1 is 1.30 bits per heavy atom. The maximum atomic E-state index is 6.09. The fraction of sp³-hybridized carbons (Fsp3) is 0.400. The summed E-state index contributed by atoms with van der Waals surface area (Å²) in [5.41, 5.74) is 2.25. The van der Waals surface area contributed by atoms with Gasteiger partial charge in [-0.2, -0.15) is 0 Å². The van der Waals surface area contributed by atoms with Crippen LogP contribution in [0.15, 0.2) is 18.2 Å². The van der Waals surface area contributed by atoms with E-state index >= 15 is 0 Å². The minimum absolute atomic E-state index is 0.449. The molecule has 106 valence electrons. The fourth-order valence-corrected chi connectivity index (χ4v) is 4.40. The van der Waals surface area contributed by atoms with Crippen molar-refractivity contribution >= 4 is 34.5 Å². The number of nitrogens with one attached hydrogen (secondary N) is 1. The molecule has 3 rings (SSSR count). The van der Waals surface area contributed by atoms with Gasteiger partial charge < -0.3 is 5.32 Å². The monoisotopic (exact) mass is 326 g/mol. The maximum absolute atomic E-state index is 6.09. The zero-order valence-electron chi connectivity index (χ0n) is 11.2. The van der Waals surface area contributed by atoms with Crippen molar-refractivity contribution in [3.05, 3.63) is 38.8 Å². The Morgan fingerprint density at radius 3 is 2.75 bits per heavy atom.